The maximum Gasteiger partial charge on any atom is 0.282 e. The molecule has 0 radical (unpaired) electrons. The van der Waals surface area contributed by atoms with Crippen LogP contribution in [0.4, 0.5) is 0 Å². The largest absolute Gasteiger partial charge is 0.353 e. The minimum atomic E-state index is -3.55. The van der Waals surface area contributed by atoms with Crippen molar-refractivity contribution in [3.8, 4) is 0 Å². The predicted octanol–water partition coefficient (Wildman–Crippen LogP) is 0.952. The van der Waals surface area contributed by atoms with Crippen molar-refractivity contribution in [2.45, 2.75) is 59.0 Å². The molecule has 0 aromatic heterocycles. The number of hydrogen-bond acceptors (Lipinski definition) is 3. The third kappa shape index (κ3) is 4.43. The molecule has 6 nitrogen and oxygen atoms in total. The van der Waals surface area contributed by atoms with Crippen LogP contribution in [-0.2, 0) is 15.0 Å². The molecule has 1 N–H and O–H groups in total. The highest BCUT2D eigenvalue weighted by molar-refractivity contribution is 7.86. The number of hydrogen-bond donors (Lipinski definition) is 1. The van der Waals surface area contributed by atoms with Crippen LogP contribution in [0.5, 0.6) is 0 Å². The maximum absolute atomic E-state index is 12.6. The number of rotatable bonds is 6. The smallest absolute Gasteiger partial charge is 0.282 e. The average Bonchev–Trinajstić information content (AvgIpc) is 2.35. The van der Waals surface area contributed by atoms with E-state index < -0.39 is 10.2 Å². The Hall–Kier alpha value is -0.660. The quantitative estimate of drug-likeness (QED) is 0.794. The summed E-state index contributed by atoms with van der Waals surface area (Å²) in [5.74, 6) is -0.255. The minimum Gasteiger partial charge on any atom is -0.353 e. The molecule has 1 rings (SSSR count). The van der Waals surface area contributed by atoms with Gasteiger partial charge in [-0.1, -0.05) is 13.3 Å². The van der Waals surface area contributed by atoms with Crippen LogP contribution in [-0.4, -0.2) is 54.7 Å². The van der Waals surface area contributed by atoms with Crippen LogP contribution in [0.15, 0.2) is 0 Å². The summed E-state index contributed by atoms with van der Waals surface area (Å²) in [5.41, 5.74) is 0. The zero-order chi connectivity index (χ0) is 15.3. The molecule has 1 heterocycles. The van der Waals surface area contributed by atoms with Gasteiger partial charge in [0.25, 0.3) is 10.2 Å². The molecule has 0 aromatic rings. The number of carbonyl (C=O) groups is 1. The topological polar surface area (TPSA) is 69.7 Å². The van der Waals surface area contributed by atoms with Crippen LogP contribution < -0.4 is 5.32 Å². The van der Waals surface area contributed by atoms with Crippen LogP contribution in [0.1, 0.15) is 47.0 Å². The average molecular weight is 305 g/mol. The zero-order valence-corrected chi connectivity index (χ0v) is 13.7. The van der Waals surface area contributed by atoms with E-state index in [1.807, 2.05) is 20.8 Å². The first kappa shape index (κ1) is 17.4. The lowest BCUT2D eigenvalue weighted by Crippen LogP contribution is -2.52. The van der Waals surface area contributed by atoms with Crippen LogP contribution in [0.25, 0.3) is 0 Å². The molecule has 20 heavy (non-hydrogen) atoms. The van der Waals surface area contributed by atoms with Gasteiger partial charge >= 0.3 is 0 Å². The Bertz CT molecular complexity index is 423. The van der Waals surface area contributed by atoms with Gasteiger partial charge in [0.15, 0.2) is 0 Å². The van der Waals surface area contributed by atoms with Gasteiger partial charge in [-0.2, -0.15) is 17.0 Å². The van der Waals surface area contributed by atoms with Crippen molar-refractivity contribution < 1.29 is 13.2 Å². The van der Waals surface area contributed by atoms with Gasteiger partial charge in [0, 0.05) is 25.2 Å². The Morgan fingerprint density at radius 2 is 2.05 bits per heavy atom. The number of nitrogens with one attached hydrogen (secondary N) is 1. The lowest BCUT2D eigenvalue weighted by molar-refractivity contribution is -0.121. The first-order chi connectivity index (χ1) is 9.28. The first-order valence-corrected chi connectivity index (χ1v) is 8.75. The fraction of sp³-hybridized carbons (Fsp3) is 0.923. The summed E-state index contributed by atoms with van der Waals surface area (Å²) in [7, 11) is -3.55. The second-order valence-corrected chi connectivity index (χ2v) is 7.49. The van der Waals surface area contributed by atoms with Crippen LogP contribution >= 0.6 is 0 Å². The van der Waals surface area contributed by atoms with Gasteiger partial charge in [-0.3, -0.25) is 4.79 Å². The summed E-state index contributed by atoms with van der Waals surface area (Å²) in [5, 5.41) is 2.73. The monoisotopic (exact) mass is 305 g/mol. The molecule has 1 aliphatic rings. The molecule has 1 aliphatic heterocycles. The third-order valence-electron chi connectivity index (χ3n) is 3.49. The van der Waals surface area contributed by atoms with E-state index in [4.69, 9.17) is 0 Å². The molecule has 118 valence electrons. The standard InChI is InChI=1S/C13H27N3O3S/c1-5-15(10-13(17)14-11(2)3)20(18,19)16-9-7-6-8-12(16)4/h11-12H,5-10H2,1-4H3,(H,14,17)/t12-/m1/s1. The molecule has 0 aliphatic carbocycles. The minimum absolute atomic E-state index is 0.0101. The van der Waals surface area contributed by atoms with Crippen molar-refractivity contribution in [2.24, 2.45) is 0 Å². The molecule has 1 saturated heterocycles. The van der Waals surface area contributed by atoms with Crippen molar-refractivity contribution in [1.82, 2.24) is 13.9 Å². The summed E-state index contributed by atoms with van der Waals surface area (Å²) in [6.07, 6.45) is 2.83. The molecule has 1 atom stereocenters. The molecule has 1 fully saturated rings. The number of amides is 1. The van der Waals surface area contributed by atoms with Gasteiger partial charge in [0.1, 0.15) is 0 Å². The van der Waals surface area contributed by atoms with E-state index in [-0.39, 0.29) is 24.5 Å². The maximum atomic E-state index is 12.6. The number of nitrogens with zero attached hydrogens (tertiary/aromatic N) is 2. The Kier molecular flexibility index (Phi) is 6.42. The predicted molar refractivity (Wildman–Crippen MR) is 79.5 cm³/mol. The van der Waals surface area contributed by atoms with Crippen molar-refractivity contribution in [3.05, 3.63) is 0 Å². The Morgan fingerprint density at radius 3 is 2.55 bits per heavy atom. The first-order valence-electron chi connectivity index (χ1n) is 7.35. The number of carbonyl (C=O) groups excluding carboxylic acids is 1. The fourth-order valence-electron chi connectivity index (χ4n) is 2.45. The highest BCUT2D eigenvalue weighted by Gasteiger charge is 2.34. The molecule has 1 amide bonds. The second kappa shape index (κ2) is 7.38. The highest BCUT2D eigenvalue weighted by Crippen LogP contribution is 2.22. The fourth-order valence-corrected chi connectivity index (χ4v) is 4.27. The van der Waals surface area contributed by atoms with Crippen molar-refractivity contribution >= 4 is 16.1 Å². The van der Waals surface area contributed by atoms with E-state index in [2.05, 4.69) is 5.32 Å². The summed E-state index contributed by atoms with van der Waals surface area (Å²) in [6, 6.07) is 0.0220. The zero-order valence-electron chi connectivity index (χ0n) is 12.9. The van der Waals surface area contributed by atoms with E-state index in [1.165, 1.54) is 8.61 Å². The van der Waals surface area contributed by atoms with E-state index in [9.17, 15) is 13.2 Å². The number of piperidine rings is 1. The SMILES string of the molecule is CCN(CC(=O)NC(C)C)S(=O)(=O)N1CCCC[C@H]1C. The van der Waals surface area contributed by atoms with E-state index in [0.29, 0.717) is 13.1 Å². The van der Waals surface area contributed by atoms with Gasteiger partial charge in [0.2, 0.25) is 5.91 Å². The van der Waals surface area contributed by atoms with Gasteiger partial charge in [-0.05, 0) is 33.6 Å². The third-order valence-corrected chi connectivity index (χ3v) is 5.66. The molecule has 0 unspecified atom stereocenters. The molecular weight excluding hydrogens is 278 g/mol. The summed E-state index contributed by atoms with van der Waals surface area (Å²) in [6.45, 7) is 8.14. The van der Waals surface area contributed by atoms with E-state index >= 15 is 0 Å². The molecule has 0 aromatic carbocycles. The highest BCUT2D eigenvalue weighted by atomic mass is 32.2. The molecule has 0 spiro atoms. The van der Waals surface area contributed by atoms with Crippen molar-refractivity contribution in [1.29, 1.82) is 0 Å². The second-order valence-electron chi connectivity index (χ2n) is 5.61. The Balaban J connectivity index is 2.78. The number of likely N-dealkylation sites (N-methyl/N-ethyl adjacent to an activating group) is 1. The van der Waals surface area contributed by atoms with Gasteiger partial charge in [-0.15, -0.1) is 0 Å². The van der Waals surface area contributed by atoms with Gasteiger partial charge in [-0.25, -0.2) is 0 Å². The molecular formula is C13H27N3O3S. The van der Waals surface area contributed by atoms with Crippen LogP contribution in [0, 0.1) is 0 Å². The van der Waals surface area contributed by atoms with Gasteiger partial charge < -0.3 is 5.32 Å². The lowest BCUT2D eigenvalue weighted by Gasteiger charge is -2.35. The van der Waals surface area contributed by atoms with Gasteiger partial charge in [0.05, 0.1) is 6.54 Å². The summed E-state index contributed by atoms with van der Waals surface area (Å²) in [4.78, 5) is 11.8. The molecule has 0 bridgehead atoms. The van der Waals surface area contributed by atoms with E-state index in [0.717, 1.165) is 19.3 Å². The van der Waals surface area contributed by atoms with Crippen molar-refractivity contribution in [3.63, 3.8) is 0 Å². The summed E-state index contributed by atoms with van der Waals surface area (Å²) >= 11 is 0. The molecule has 7 heteroatoms. The van der Waals surface area contributed by atoms with E-state index in [1.54, 1.807) is 6.92 Å². The normalized spacial score (nSPS) is 21.4. The lowest BCUT2D eigenvalue weighted by atomic mass is 10.1. The summed E-state index contributed by atoms with van der Waals surface area (Å²) < 4.78 is 28.0. The Morgan fingerprint density at radius 1 is 1.40 bits per heavy atom. The van der Waals surface area contributed by atoms with Crippen LogP contribution in [0.3, 0.4) is 0 Å². The Labute approximate surface area is 122 Å². The van der Waals surface area contributed by atoms with Crippen molar-refractivity contribution in [2.75, 3.05) is 19.6 Å². The molecule has 0 saturated carbocycles. The van der Waals surface area contributed by atoms with Crippen LogP contribution in [0.2, 0.25) is 0 Å².